The number of rotatable bonds is 61. The van der Waals surface area contributed by atoms with Crippen molar-refractivity contribution >= 4 is 6.29 Å². The van der Waals surface area contributed by atoms with Gasteiger partial charge in [0.25, 0.3) is 0 Å². The number of aldehydes is 1. The van der Waals surface area contributed by atoms with Crippen LogP contribution in [0.4, 0.5) is 0 Å². The quantitative estimate of drug-likeness (QED) is 0.0486. The smallest absolute Gasteiger partial charge is 0.123 e. The number of ether oxygens (including phenoxy) is 2. The third-order valence-electron chi connectivity index (χ3n) is 15.3. The van der Waals surface area contributed by atoms with Gasteiger partial charge in [0.1, 0.15) is 6.29 Å². The highest BCUT2D eigenvalue weighted by molar-refractivity contribution is 5.53. The van der Waals surface area contributed by atoms with Crippen molar-refractivity contribution in [1.29, 1.82) is 0 Å². The Bertz CT molecular complexity index is 901. The summed E-state index contributed by atoms with van der Waals surface area (Å²) in [6.07, 6.45) is 68.8. The molecule has 2 atom stereocenters. The summed E-state index contributed by atoms with van der Waals surface area (Å²) in [4.78, 5) is 13.9. The number of aliphatic hydroxyl groups excluding tert-OH is 1. The van der Waals surface area contributed by atoms with E-state index in [-0.39, 0.29) is 0 Å². The van der Waals surface area contributed by atoms with Gasteiger partial charge in [-0.05, 0) is 89.8 Å². The molecule has 1 N–H and O–H groups in total. The van der Waals surface area contributed by atoms with Gasteiger partial charge in [-0.25, -0.2) is 0 Å². The number of aliphatic hydroxyl groups is 1. The molecule has 2 unspecified atom stereocenters. The maximum atomic E-state index is 11.2. The molecule has 0 spiro atoms. The summed E-state index contributed by atoms with van der Waals surface area (Å²) >= 11 is 0. The van der Waals surface area contributed by atoms with Gasteiger partial charge < -0.3 is 24.3 Å². The lowest BCUT2D eigenvalue weighted by Crippen LogP contribution is -2.27. The third-order valence-corrected chi connectivity index (χ3v) is 15.3. The first-order valence-electron chi connectivity index (χ1n) is 32.5. The summed E-state index contributed by atoms with van der Waals surface area (Å²) in [5.74, 6) is 1.12. The molecule has 0 saturated heterocycles. The molecule has 0 saturated carbocycles. The van der Waals surface area contributed by atoms with Crippen LogP contribution in [0.25, 0.3) is 0 Å². The van der Waals surface area contributed by atoms with Crippen molar-refractivity contribution in [2.24, 2.45) is 11.8 Å². The molecule has 0 amide bonds. The molecule has 0 radical (unpaired) electrons. The van der Waals surface area contributed by atoms with E-state index < -0.39 is 0 Å². The Morgan fingerprint density at radius 3 is 0.971 bits per heavy atom. The van der Waals surface area contributed by atoms with Crippen LogP contribution in [0.3, 0.4) is 0 Å². The maximum Gasteiger partial charge on any atom is 0.123 e. The summed E-state index contributed by atoms with van der Waals surface area (Å²) in [5, 5.41) is 9.19. The van der Waals surface area contributed by atoms with E-state index in [2.05, 4.69) is 32.6 Å². The Morgan fingerprint density at radius 2 is 0.643 bits per heavy atom. The fourth-order valence-electron chi connectivity index (χ4n) is 10.4. The number of carbonyl (C=O) groups is 1. The van der Waals surface area contributed by atoms with E-state index in [0.717, 1.165) is 58.0 Å². The molecule has 5 heteroatoms. The van der Waals surface area contributed by atoms with E-state index in [9.17, 15) is 9.90 Å². The zero-order valence-corrected chi connectivity index (χ0v) is 49.2. The van der Waals surface area contributed by atoms with E-state index in [1.165, 1.54) is 315 Å². The van der Waals surface area contributed by atoms with Crippen molar-refractivity contribution < 1.29 is 19.4 Å². The van der Waals surface area contributed by atoms with Gasteiger partial charge in [-0.1, -0.05) is 285 Å². The first-order valence-corrected chi connectivity index (χ1v) is 32.5. The second-order valence-electron chi connectivity index (χ2n) is 22.4. The van der Waals surface area contributed by atoms with Crippen LogP contribution >= 0.6 is 0 Å². The molecular formula is C65H133NO4. The van der Waals surface area contributed by atoms with E-state index in [0.29, 0.717) is 12.5 Å². The van der Waals surface area contributed by atoms with Crippen LogP contribution in [0.1, 0.15) is 349 Å². The standard InChI is InChI=1S/C41H85NO3.C24H48O/c1-4-6-8-10-12-14-15-17-19-25-33-41(32-24-18-16-13-11-9-7-5-2)40-45-39-31-23-21-27-35-42(36-28-29-37-43)34-26-20-22-30-38-44-3;1-3-5-7-9-11-13-14-16-18-20-22-24(23-25)21-19-17-15-12-10-8-6-4-2/h41,43H,4-40H2,1-3H3;23-24H,3-22H2,1-2H3. The van der Waals surface area contributed by atoms with Gasteiger partial charge >= 0.3 is 0 Å². The fraction of sp³-hybridized carbons (Fsp3) is 0.985. The Kier molecular flexibility index (Phi) is 68.0. The Labute approximate surface area is 442 Å². The average molecular weight is 993 g/mol. The van der Waals surface area contributed by atoms with Crippen LogP contribution in [0.5, 0.6) is 0 Å². The van der Waals surface area contributed by atoms with Crippen molar-refractivity contribution in [2.75, 3.05) is 53.2 Å². The summed E-state index contributed by atoms with van der Waals surface area (Å²) in [6.45, 7) is 15.9. The molecule has 0 aromatic carbocycles. The highest BCUT2D eigenvalue weighted by Crippen LogP contribution is 2.22. The SMILES string of the molecule is CCCCCCCCCCCCC(C=O)CCCCCCCCCC.CCCCCCCCCCCCC(CCCCCCCCCC)COCCCCCCN(CCCCO)CCCCCCOC. The van der Waals surface area contributed by atoms with Crippen molar-refractivity contribution in [1.82, 2.24) is 4.90 Å². The molecule has 422 valence electrons. The minimum atomic E-state index is 0.324. The molecular weight excluding hydrogens is 859 g/mol. The lowest BCUT2D eigenvalue weighted by molar-refractivity contribution is -0.111. The normalized spacial score (nSPS) is 12.4. The minimum Gasteiger partial charge on any atom is -0.396 e. The van der Waals surface area contributed by atoms with Crippen LogP contribution < -0.4 is 0 Å². The molecule has 0 aliphatic rings. The molecule has 0 fully saturated rings. The van der Waals surface area contributed by atoms with Gasteiger partial charge in [-0.2, -0.15) is 0 Å². The molecule has 0 aromatic heterocycles. The molecule has 0 aliphatic heterocycles. The zero-order chi connectivity index (χ0) is 51.2. The van der Waals surface area contributed by atoms with Crippen molar-refractivity contribution in [2.45, 2.75) is 349 Å². The average Bonchev–Trinajstić information content (AvgIpc) is 3.37. The second-order valence-corrected chi connectivity index (χ2v) is 22.4. The molecule has 0 aromatic rings. The number of carbonyl (C=O) groups excluding carboxylic acids is 1. The second kappa shape index (κ2) is 66.5. The lowest BCUT2D eigenvalue weighted by atomic mass is 9.94. The van der Waals surface area contributed by atoms with Crippen molar-refractivity contribution in [3.63, 3.8) is 0 Å². The van der Waals surface area contributed by atoms with Crippen molar-refractivity contribution in [3.05, 3.63) is 0 Å². The Morgan fingerprint density at radius 1 is 0.357 bits per heavy atom. The van der Waals surface area contributed by atoms with Gasteiger partial charge in [0.2, 0.25) is 0 Å². The van der Waals surface area contributed by atoms with Crippen LogP contribution in [-0.4, -0.2) is 69.5 Å². The number of hydrogen-bond acceptors (Lipinski definition) is 5. The Balaban J connectivity index is 0. The molecule has 0 aliphatic carbocycles. The molecule has 0 rings (SSSR count). The monoisotopic (exact) mass is 992 g/mol. The van der Waals surface area contributed by atoms with E-state index >= 15 is 0 Å². The lowest BCUT2D eigenvalue weighted by Gasteiger charge is -2.22. The molecule has 0 heterocycles. The number of unbranched alkanes of at least 4 members (excludes halogenated alkanes) is 39. The zero-order valence-electron chi connectivity index (χ0n) is 49.2. The summed E-state index contributed by atoms with van der Waals surface area (Å²) in [5.41, 5.74) is 0. The van der Waals surface area contributed by atoms with Crippen LogP contribution in [0.15, 0.2) is 0 Å². The predicted octanol–water partition coefficient (Wildman–Crippen LogP) is 20.9. The van der Waals surface area contributed by atoms with E-state index in [4.69, 9.17) is 9.47 Å². The molecule has 70 heavy (non-hydrogen) atoms. The van der Waals surface area contributed by atoms with Gasteiger partial charge in [-0.3, -0.25) is 0 Å². The predicted molar refractivity (Wildman–Crippen MR) is 313 cm³/mol. The highest BCUT2D eigenvalue weighted by atomic mass is 16.5. The third kappa shape index (κ3) is 61.8. The van der Waals surface area contributed by atoms with Gasteiger partial charge in [0.15, 0.2) is 0 Å². The molecule has 0 bridgehead atoms. The first-order chi connectivity index (χ1) is 34.6. The van der Waals surface area contributed by atoms with E-state index in [1.54, 1.807) is 7.11 Å². The first kappa shape index (κ1) is 71.6. The Hall–Kier alpha value is -0.490. The summed E-state index contributed by atoms with van der Waals surface area (Å²) in [6, 6.07) is 0. The van der Waals surface area contributed by atoms with Gasteiger partial charge in [0, 0.05) is 39.5 Å². The van der Waals surface area contributed by atoms with Crippen LogP contribution in [0.2, 0.25) is 0 Å². The number of methoxy groups -OCH3 is 1. The van der Waals surface area contributed by atoms with Gasteiger partial charge in [0.05, 0.1) is 0 Å². The topological polar surface area (TPSA) is 59.0 Å². The number of hydrogen-bond donors (Lipinski definition) is 1. The van der Waals surface area contributed by atoms with Crippen molar-refractivity contribution in [3.8, 4) is 0 Å². The van der Waals surface area contributed by atoms with Crippen LogP contribution in [0, 0.1) is 11.8 Å². The largest absolute Gasteiger partial charge is 0.396 e. The van der Waals surface area contributed by atoms with Crippen LogP contribution in [-0.2, 0) is 14.3 Å². The minimum absolute atomic E-state index is 0.324. The highest BCUT2D eigenvalue weighted by Gasteiger charge is 2.11. The summed E-state index contributed by atoms with van der Waals surface area (Å²) < 4.78 is 11.5. The van der Waals surface area contributed by atoms with Gasteiger partial charge in [-0.15, -0.1) is 0 Å². The fourth-order valence-corrected chi connectivity index (χ4v) is 10.4. The maximum absolute atomic E-state index is 11.2. The summed E-state index contributed by atoms with van der Waals surface area (Å²) in [7, 11) is 1.80. The van der Waals surface area contributed by atoms with E-state index in [1.807, 2.05) is 0 Å². The number of nitrogens with zero attached hydrogens (tertiary/aromatic N) is 1. The molecule has 5 nitrogen and oxygen atoms in total.